The smallest absolute Gasteiger partial charge is 0.293 e. The van der Waals surface area contributed by atoms with Gasteiger partial charge in [0.15, 0.2) is 0 Å². The molecule has 0 aromatic heterocycles. The predicted molar refractivity (Wildman–Crippen MR) is 56.2 cm³/mol. The van der Waals surface area contributed by atoms with Crippen molar-refractivity contribution in [3.63, 3.8) is 0 Å². The van der Waals surface area contributed by atoms with Crippen molar-refractivity contribution in [2.75, 3.05) is 13.2 Å². The standard InChI is InChI=1S/C11H20O4/c1-10(4-5-14-8-12)6-11(2,3)7-15-9-13/h8-10H,4-7H2,1-3H3. The van der Waals surface area contributed by atoms with E-state index in [9.17, 15) is 9.59 Å². The van der Waals surface area contributed by atoms with Gasteiger partial charge in [0, 0.05) is 0 Å². The Balaban J connectivity index is 3.75. The summed E-state index contributed by atoms with van der Waals surface area (Å²) in [6.07, 6.45) is 1.77. The molecule has 0 N–H and O–H groups in total. The average molecular weight is 216 g/mol. The van der Waals surface area contributed by atoms with E-state index >= 15 is 0 Å². The van der Waals surface area contributed by atoms with Gasteiger partial charge in [-0.2, -0.15) is 0 Å². The molecule has 0 heterocycles. The monoisotopic (exact) mass is 216 g/mol. The number of carbonyl (C=O) groups excluding carboxylic acids is 2. The fraction of sp³-hybridized carbons (Fsp3) is 0.818. The van der Waals surface area contributed by atoms with Crippen LogP contribution < -0.4 is 0 Å². The molecule has 0 rings (SSSR count). The first-order chi connectivity index (χ1) is 7.02. The molecule has 4 heteroatoms. The molecule has 0 aliphatic rings. The highest BCUT2D eigenvalue weighted by Crippen LogP contribution is 2.27. The van der Waals surface area contributed by atoms with E-state index in [-0.39, 0.29) is 5.41 Å². The second-order valence-electron chi connectivity index (χ2n) is 4.64. The quantitative estimate of drug-likeness (QED) is 0.435. The summed E-state index contributed by atoms with van der Waals surface area (Å²) in [7, 11) is 0. The first-order valence-electron chi connectivity index (χ1n) is 5.12. The molecular weight excluding hydrogens is 196 g/mol. The Morgan fingerprint density at radius 2 is 1.80 bits per heavy atom. The zero-order valence-corrected chi connectivity index (χ0v) is 9.69. The number of ether oxygens (including phenoxy) is 2. The van der Waals surface area contributed by atoms with E-state index in [2.05, 4.69) is 11.7 Å². The van der Waals surface area contributed by atoms with Crippen molar-refractivity contribution in [2.45, 2.75) is 33.6 Å². The van der Waals surface area contributed by atoms with Gasteiger partial charge < -0.3 is 9.47 Å². The third-order valence-corrected chi connectivity index (χ3v) is 2.24. The normalized spacial score (nSPS) is 13.0. The highest BCUT2D eigenvalue weighted by molar-refractivity contribution is 5.37. The Morgan fingerprint density at radius 1 is 1.20 bits per heavy atom. The van der Waals surface area contributed by atoms with E-state index < -0.39 is 0 Å². The van der Waals surface area contributed by atoms with Gasteiger partial charge in [0.05, 0.1) is 13.2 Å². The lowest BCUT2D eigenvalue weighted by atomic mass is 9.83. The summed E-state index contributed by atoms with van der Waals surface area (Å²) in [5.74, 6) is 0.440. The van der Waals surface area contributed by atoms with Crippen molar-refractivity contribution in [3.8, 4) is 0 Å². The van der Waals surface area contributed by atoms with Gasteiger partial charge in [-0.1, -0.05) is 20.8 Å². The van der Waals surface area contributed by atoms with E-state index in [0.717, 1.165) is 12.8 Å². The van der Waals surface area contributed by atoms with Gasteiger partial charge in [0.1, 0.15) is 0 Å². The molecule has 0 saturated heterocycles. The molecule has 0 aromatic rings. The summed E-state index contributed by atoms with van der Waals surface area (Å²) in [4.78, 5) is 20.0. The molecule has 0 bridgehead atoms. The van der Waals surface area contributed by atoms with Gasteiger partial charge in [0.25, 0.3) is 12.9 Å². The average Bonchev–Trinajstić information content (AvgIpc) is 2.14. The second-order valence-corrected chi connectivity index (χ2v) is 4.64. The van der Waals surface area contributed by atoms with Crippen LogP contribution in [0.15, 0.2) is 0 Å². The molecule has 88 valence electrons. The number of carbonyl (C=O) groups is 2. The molecule has 0 aliphatic heterocycles. The highest BCUT2D eigenvalue weighted by Gasteiger charge is 2.21. The SMILES string of the molecule is CC(CCOC=O)CC(C)(C)COC=O. The first-order valence-corrected chi connectivity index (χ1v) is 5.12. The lowest BCUT2D eigenvalue weighted by Crippen LogP contribution is -2.22. The minimum atomic E-state index is -0.0263. The maximum absolute atomic E-state index is 10.1. The van der Waals surface area contributed by atoms with Crippen LogP contribution in [0.25, 0.3) is 0 Å². The van der Waals surface area contributed by atoms with Crippen molar-refractivity contribution >= 4 is 12.9 Å². The molecule has 0 saturated carbocycles. The summed E-state index contributed by atoms with van der Waals surface area (Å²) in [6, 6.07) is 0. The maximum atomic E-state index is 10.1. The van der Waals surface area contributed by atoms with Crippen molar-refractivity contribution in [2.24, 2.45) is 11.3 Å². The van der Waals surface area contributed by atoms with Crippen molar-refractivity contribution in [3.05, 3.63) is 0 Å². The summed E-state index contributed by atoms with van der Waals surface area (Å²) in [6.45, 7) is 8.01. The van der Waals surface area contributed by atoms with E-state index in [4.69, 9.17) is 4.74 Å². The zero-order valence-electron chi connectivity index (χ0n) is 9.69. The van der Waals surface area contributed by atoms with Crippen molar-refractivity contribution < 1.29 is 19.1 Å². The molecule has 1 unspecified atom stereocenters. The number of rotatable bonds is 9. The summed E-state index contributed by atoms with van der Waals surface area (Å²) < 4.78 is 9.39. The van der Waals surface area contributed by atoms with Gasteiger partial charge in [-0.25, -0.2) is 0 Å². The third kappa shape index (κ3) is 7.97. The van der Waals surface area contributed by atoms with Gasteiger partial charge in [-0.3, -0.25) is 9.59 Å². The van der Waals surface area contributed by atoms with Crippen LogP contribution in [0.1, 0.15) is 33.6 Å². The molecule has 0 spiro atoms. The fourth-order valence-corrected chi connectivity index (χ4v) is 1.68. The molecule has 0 aromatic carbocycles. The van der Waals surface area contributed by atoms with Gasteiger partial charge >= 0.3 is 0 Å². The van der Waals surface area contributed by atoms with Crippen LogP contribution >= 0.6 is 0 Å². The van der Waals surface area contributed by atoms with Crippen LogP contribution in [0, 0.1) is 11.3 Å². The Hall–Kier alpha value is -1.06. The van der Waals surface area contributed by atoms with E-state index in [0.29, 0.717) is 32.1 Å². The first kappa shape index (κ1) is 13.9. The predicted octanol–water partition coefficient (Wildman–Crippen LogP) is 1.77. The van der Waals surface area contributed by atoms with Crippen LogP contribution in [-0.4, -0.2) is 26.2 Å². The van der Waals surface area contributed by atoms with E-state index in [1.807, 2.05) is 13.8 Å². The summed E-state index contributed by atoms with van der Waals surface area (Å²) in [5, 5.41) is 0. The Labute approximate surface area is 90.9 Å². The molecular formula is C11H20O4. The van der Waals surface area contributed by atoms with Crippen molar-refractivity contribution in [1.82, 2.24) is 0 Å². The molecule has 4 nitrogen and oxygen atoms in total. The van der Waals surface area contributed by atoms with E-state index in [1.165, 1.54) is 0 Å². The van der Waals surface area contributed by atoms with Crippen LogP contribution in [-0.2, 0) is 19.1 Å². The highest BCUT2D eigenvalue weighted by atomic mass is 16.5. The molecule has 15 heavy (non-hydrogen) atoms. The minimum absolute atomic E-state index is 0.0263. The third-order valence-electron chi connectivity index (χ3n) is 2.24. The molecule has 1 atom stereocenters. The van der Waals surface area contributed by atoms with E-state index in [1.54, 1.807) is 0 Å². The van der Waals surface area contributed by atoms with Crippen LogP contribution in [0.2, 0.25) is 0 Å². The summed E-state index contributed by atoms with van der Waals surface area (Å²) in [5.41, 5.74) is -0.0263. The van der Waals surface area contributed by atoms with Gasteiger partial charge in [-0.05, 0) is 24.2 Å². The molecule has 0 fully saturated rings. The van der Waals surface area contributed by atoms with Crippen LogP contribution in [0.4, 0.5) is 0 Å². The van der Waals surface area contributed by atoms with Crippen LogP contribution in [0.5, 0.6) is 0 Å². The van der Waals surface area contributed by atoms with Crippen molar-refractivity contribution in [1.29, 1.82) is 0 Å². The number of hydrogen-bond acceptors (Lipinski definition) is 4. The lowest BCUT2D eigenvalue weighted by Gasteiger charge is -2.26. The zero-order chi connectivity index (χ0) is 11.7. The van der Waals surface area contributed by atoms with Gasteiger partial charge in [-0.15, -0.1) is 0 Å². The van der Waals surface area contributed by atoms with Crippen LogP contribution in [0.3, 0.4) is 0 Å². The maximum Gasteiger partial charge on any atom is 0.293 e. The summed E-state index contributed by atoms with van der Waals surface area (Å²) >= 11 is 0. The molecule has 0 radical (unpaired) electrons. The topological polar surface area (TPSA) is 52.6 Å². The fourth-order valence-electron chi connectivity index (χ4n) is 1.68. The minimum Gasteiger partial charge on any atom is -0.468 e. The molecule has 0 aliphatic carbocycles. The second kappa shape index (κ2) is 7.26. The van der Waals surface area contributed by atoms with Gasteiger partial charge in [0.2, 0.25) is 0 Å². The largest absolute Gasteiger partial charge is 0.468 e. The number of hydrogen-bond donors (Lipinski definition) is 0. The lowest BCUT2D eigenvalue weighted by molar-refractivity contribution is -0.132. The Kier molecular flexibility index (Phi) is 6.75. The Bertz CT molecular complexity index is 189. The molecule has 0 amide bonds. The Morgan fingerprint density at radius 3 is 2.33 bits per heavy atom.